The van der Waals surface area contributed by atoms with Crippen molar-refractivity contribution in [3.8, 4) is 6.07 Å². The van der Waals surface area contributed by atoms with Gasteiger partial charge < -0.3 is 5.32 Å². The molecular formula is C15H13BrN2OS. The van der Waals surface area contributed by atoms with Crippen molar-refractivity contribution < 1.29 is 4.79 Å². The first-order valence-electron chi connectivity index (χ1n) is 6.01. The molecular weight excluding hydrogens is 336 g/mol. The Hall–Kier alpha value is -1.64. The Balaban J connectivity index is 2.33. The van der Waals surface area contributed by atoms with Crippen LogP contribution in [-0.2, 0) is 0 Å². The highest BCUT2D eigenvalue weighted by Gasteiger charge is 2.15. The second-order valence-corrected chi connectivity index (χ2v) is 6.71. The van der Waals surface area contributed by atoms with Gasteiger partial charge in [0, 0.05) is 14.9 Å². The summed E-state index contributed by atoms with van der Waals surface area (Å²) in [5.41, 5.74) is 3.05. The highest BCUT2D eigenvalue weighted by Crippen LogP contribution is 2.32. The quantitative estimate of drug-likeness (QED) is 0.864. The second-order valence-electron chi connectivity index (χ2n) is 4.57. The molecule has 0 radical (unpaired) electrons. The van der Waals surface area contributed by atoms with Crippen molar-refractivity contribution >= 4 is 38.2 Å². The van der Waals surface area contributed by atoms with Crippen LogP contribution in [-0.4, -0.2) is 5.91 Å². The number of anilines is 1. The molecule has 102 valence electrons. The summed E-state index contributed by atoms with van der Waals surface area (Å²) in [7, 11) is 0. The Labute approximate surface area is 130 Å². The standard InChI is InChI=1S/C15H13BrN2OS/c1-8-4-11(6-12(16)5-8)14(19)18-15-13(7-17)9(2)10(3)20-15/h4-6H,1-3H3,(H,18,19). The Kier molecular flexibility index (Phi) is 4.26. The molecule has 1 amide bonds. The maximum atomic E-state index is 12.3. The minimum Gasteiger partial charge on any atom is -0.312 e. The topological polar surface area (TPSA) is 52.9 Å². The summed E-state index contributed by atoms with van der Waals surface area (Å²) in [4.78, 5) is 13.3. The molecule has 0 aliphatic heterocycles. The zero-order chi connectivity index (χ0) is 14.9. The van der Waals surface area contributed by atoms with E-state index in [4.69, 9.17) is 0 Å². The third-order valence-electron chi connectivity index (χ3n) is 3.03. The number of hydrogen-bond donors (Lipinski definition) is 1. The van der Waals surface area contributed by atoms with Gasteiger partial charge in [-0.2, -0.15) is 5.26 Å². The number of carbonyl (C=O) groups excluding carboxylic acids is 1. The van der Waals surface area contributed by atoms with Crippen molar-refractivity contribution in [2.75, 3.05) is 5.32 Å². The van der Waals surface area contributed by atoms with Crippen LogP contribution in [0.5, 0.6) is 0 Å². The molecule has 5 heteroatoms. The van der Waals surface area contributed by atoms with E-state index in [1.165, 1.54) is 11.3 Å². The number of nitrogens with zero attached hydrogens (tertiary/aromatic N) is 1. The molecule has 1 aromatic carbocycles. The van der Waals surface area contributed by atoms with Gasteiger partial charge in [-0.1, -0.05) is 15.9 Å². The van der Waals surface area contributed by atoms with Crippen molar-refractivity contribution in [1.29, 1.82) is 5.26 Å². The van der Waals surface area contributed by atoms with E-state index in [1.54, 1.807) is 6.07 Å². The largest absolute Gasteiger partial charge is 0.312 e. The lowest BCUT2D eigenvalue weighted by molar-refractivity contribution is 0.102. The van der Waals surface area contributed by atoms with Crippen LogP contribution in [0.4, 0.5) is 5.00 Å². The van der Waals surface area contributed by atoms with Crippen molar-refractivity contribution in [2.45, 2.75) is 20.8 Å². The highest BCUT2D eigenvalue weighted by molar-refractivity contribution is 9.10. The molecule has 0 aliphatic carbocycles. The Bertz CT molecular complexity index is 708. The zero-order valence-corrected chi connectivity index (χ0v) is 13.8. The van der Waals surface area contributed by atoms with Crippen molar-refractivity contribution in [3.05, 3.63) is 49.8 Å². The molecule has 1 N–H and O–H groups in total. The molecule has 0 spiro atoms. The number of hydrogen-bond acceptors (Lipinski definition) is 3. The molecule has 0 unspecified atom stereocenters. The third-order valence-corrected chi connectivity index (χ3v) is 4.61. The van der Waals surface area contributed by atoms with Crippen molar-refractivity contribution in [3.63, 3.8) is 0 Å². The van der Waals surface area contributed by atoms with E-state index >= 15 is 0 Å². The molecule has 2 rings (SSSR count). The number of amides is 1. The predicted octanol–water partition coefficient (Wildman–Crippen LogP) is 4.56. The predicted molar refractivity (Wildman–Crippen MR) is 85.3 cm³/mol. The second kappa shape index (κ2) is 5.78. The molecule has 1 aromatic heterocycles. The number of benzene rings is 1. The van der Waals surface area contributed by atoms with Crippen molar-refractivity contribution in [1.82, 2.24) is 0 Å². The van der Waals surface area contributed by atoms with Gasteiger partial charge in [-0.05, 0) is 50.1 Å². The third kappa shape index (κ3) is 2.92. The van der Waals surface area contributed by atoms with Gasteiger partial charge >= 0.3 is 0 Å². The minimum absolute atomic E-state index is 0.202. The Morgan fingerprint density at radius 3 is 2.60 bits per heavy atom. The fourth-order valence-electron chi connectivity index (χ4n) is 1.89. The van der Waals surface area contributed by atoms with Crippen LogP contribution in [0.3, 0.4) is 0 Å². The van der Waals surface area contributed by atoms with Crippen LogP contribution in [0.1, 0.15) is 31.9 Å². The van der Waals surface area contributed by atoms with Gasteiger partial charge in [0.1, 0.15) is 11.1 Å². The van der Waals surface area contributed by atoms with E-state index in [1.807, 2.05) is 32.9 Å². The highest BCUT2D eigenvalue weighted by atomic mass is 79.9. The number of aryl methyl sites for hydroxylation is 2. The first kappa shape index (κ1) is 14.8. The van der Waals surface area contributed by atoms with E-state index in [9.17, 15) is 10.1 Å². The number of nitriles is 1. The summed E-state index contributed by atoms with van der Waals surface area (Å²) in [6, 6.07) is 7.68. The SMILES string of the molecule is Cc1cc(Br)cc(C(=O)Nc2sc(C)c(C)c2C#N)c1. The number of carbonyl (C=O) groups is 1. The van der Waals surface area contributed by atoms with Gasteiger partial charge in [-0.3, -0.25) is 4.79 Å². The fourth-order valence-corrected chi connectivity index (χ4v) is 3.51. The first-order valence-corrected chi connectivity index (χ1v) is 7.62. The fraction of sp³-hybridized carbons (Fsp3) is 0.200. The Morgan fingerprint density at radius 2 is 2.00 bits per heavy atom. The van der Waals surface area contributed by atoms with E-state index in [0.29, 0.717) is 16.1 Å². The first-order chi connectivity index (χ1) is 9.42. The van der Waals surface area contributed by atoms with E-state index in [-0.39, 0.29) is 5.91 Å². The van der Waals surface area contributed by atoms with Gasteiger partial charge in [0.2, 0.25) is 0 Å². The summed E-state index contributed by atoms with van der Waals surface area (Å²) in [6.07, 6.45) is 0. The maximum Gasteiger partial charge on any atom is 0.256 e. The minimum atomic E-state index is -0.202. The molecule has 1 heterocycles. The van der Waals surface area contributed by atoms with Crippen LogP contribution >= 0.6 is 27.3 Å². The molecule has 2 aromatic rings. The summed E-state index contributed by atoms with van der Waals surface area (Å²) < 4.78 is 0.863. The van der Waals surface area contributed by atoms with Crippen LogP contribution < -0.4 is 5.32 Å². The van der Waals surface area contributed by atoms with Crippen molar-refractivity contribution in [2.24, 2.45) is 0 Å². The van der Waals surface area contributed by atoms with Gasteiger partial charge in [-0.25, -0.2) is 0 Å². The number of thiophene rings is 1. The molecule has 0 saturated heterocycles. The maximum absolute atomic E-state index is 12.3. The molecule has 3 nitrogen and oxygen atoms in total. The van der Waals surface area contributed by atoms with Gasteiger partial charge in [0.25, 0.3) is 5.91 Å². The van der Waals surface area contributed by atoms with Crippen LogP contribution in [0.15, 0.2) is 22.7 Å². The van der Waals surface area contributed by atoms with E-state index in [2.05, 4.69) is 27.3 Å². The monoisotopic (exact) mass is 348 g/mol. The lowest BCUT2D eigenvalue weighted by Gasteiger charge is -2.05. The lowest BCUT2D eigenvalue weighted by atomic mass is 10.1. The van der Waals surface area contributed by atoms with Gasteiger partial charge in [-0.15, -0.1) is 11.3 Å². The number of halogens is 1. The summed E-state index contributed by atoms with van der Waals surface area (Å²) in [6.45, 7) is 5.77. The zero-order valence-electron chi connectivity index (χ0n) is 11.4. The lowest BCUT2D eigenvalue weighted by Crippen LogP contribution is -2.12. The molecule has 20 heavy (non-hydrogen) atoms. The molecule has 0 aliphatic rings. The van der Waals surface area contributed by atoms with Gasteiger partial charge in [0.05, 0.1) is 5.56 Å². The molecule has 0 atom stereocenters. The number of rotatable bonds is 2. The number of nitrogens with one attached hydrogen (secondary N) is 1. The average Bonchev–Trinajstić information content (AvgIpc) is 2.63. The normalized spacial score (nSPS) is 10.2. The smallest absolute Gasteiger partial charge is 0.256 e. The van der Waals surface area contributed by atoms with Crippen LogP contribution in [0.2, 0.25) is 0 Å². The van der Waals surface area contributed by atoms with E-state index < -0.39 is 0 Å². The van der Waals surface area contributed by atoms with Gasteiger partial charge in [0.15, 0.2) is 0 Å². The molecule has 0 fully saturated rings. The Morgan fingerprint density at radius 1 is 1.30 bits per heavy atom. The summed E-state index contributed by atoms with van der Waals surface area (Å²) in [5, 5.41) is 12.6. The van der Waals surface area contributed by atoms with Crippen LogP contribution in [0.25, 0.3) is 0 Å². The summed E-state index contributed by atoms with van der Waals surface area (Å²) >= 11 is 4.81. The molecule has 0 bridgehead atoms. The molecule has 0 saturated carbocycles. The summed E-state index contributed by atoms with van der Waals surface area (Å²) in [5.74, 6) is -0.202. The van der Waals surface area contributed by atoms with E-state index in [0.717, 1.165) is 20.5 Å². The average molecular weight is 349 g/mol. The van der Waals surface area contributed by atoms with Crippen LogP contribution in [0, 0.1) is 32.1 Å².